The number of nitrogens with two attached hydrogens (primary N) is 1. The highest BCUT2D eigenvalue weighted by molar-refractivity contribution is 7.18. The van der Waals surface area contributed by atoms with Gasteiger partial charge in [0.05, 0.1) is 18.8 Å². The number of aromatic nitrogens is 1. The highest BCUT2D eigenvalue weighted by Gasteiger charge is 2.32. The molecule has 1 fully saturated rings. The van der Waals surface area contributed by atoms with Crippen LogP contribution in [0.3, 0.4) is 0 Å². The van der Waals surface area contributed by atoms with Gasteiger partial charge in [-0.2, -0.15) is 13.2 Å². The van der Waals surface area contributed by atoms with Crippen molar-refractivity contribution in [3.8, 4) is 5.75 Å². The number of hydrogen-bond acceptors (Lipinski definition) is 8. The largest absolute Gasteiger partial charge is 0.484 e. The monoisotopic (exact) mass is 570 g/mol. The Morgan fingerprint density at radius 3 is 2.45 bits per heavy atom. The molecule has 8 nitrogen and oxygen atoms in total. The summed E-state index contributed by atoms with van der Waals surface area (Å²) in [5.41, 5.74) is 5.37. The zero-order valence-corrected chi connectivity index (χ0v) is 22.0. The summed E-state index contributed by atoms with van der Waals surface area (Å²) >= 11 is 6.23. The van der Waals surface area contributed by atoms with Gasteiger partial charge in [0.25, 0.3) is 11.1 Å². The maximum absolute atomic E-state index is 13.1. The average molecular weight is 571 g/mol. The van der Waals surface area contributed by atoms with Gasteiger partial charge in [0.15, 0.2) is 17.6 Å². The van der Waals surface area contributed by atoms with E-state index in [1.54, 1.807) is 18.2 Å². The normalized spacial score (nSPS) is 13.3. The highest BCUT2D eigenvalue weighted by Crippen LogP contribution is 2.34. The molecule has 0 bridgehead atoms. The highest BCUT2D eigenvalue weighted by atomic mass is 35.5. The topological polar surface area (TPSA) is 107 Å². The molecule has 1 aromatic heterocycles. The van der Waals surface area contributed by atoms with Crippen molar-refractivity contribution in [1.82, 2.24) is 4.98 Å². The van der Waals surface area contributed by atoms with E-state index in [0.717, 1.165) is 17.4 Å². The van der Waals surface area contributed by atoms with Crippen LogP contribution in [0.15, 0.2) is 48.5 Å². The number of alkyl halides is 3. The lowest BCUT2D eigenvalue weighted by molar-refractivity contribution is -0.138. The number of benzene rings is 2. The number of thiazole rings is 1. The Morgan fingerprint density at radius 1 is 1.16 bits per heavy atom. The van der Waals surface area contributed by atoms with Gasteiger partial charge in [-0.25, -0.2) is 4.98 Å². The van der Waals surface area contributed by atoms with Gasteiger partial charge in [-0.3, -0.25) is 9.59 Å². The van der Waals surface area contributed by atoms with Crippen molar-refractivity contribution in [3.05, 3.63) is 70.1 Å². The third-order valence-corrected chi connectivity index (χ3v) is 6.65. The number of amides is 1. The second kappa shape index (κ2) is 13.4. The van der Waals surface area contributed by atoms with E-state index in [0.29, 0.717) is 42.7 Å². The fraction of sp³-hybridized carbons (Fsp3) is 0.320. The van der Waals surface area contributed by atoms with Gasteiger partial charge in [-0.05, 0) is 47.9 Å². The van der Waals surface area contributed by atoms with E-state index < -0.39 is 22.9 Å². The predicted octanol–water partition coefficient (Wildman–Crippen LogP) is 4.85. The summed E-state index contributed by atoms with van der Waals surface area (Å²) in [4.78, 5) is 28.7. The van der Waals surface area contributed by atoms with E-state index in [1.807, 2.05) is 23.1 Å². The van der Waals surface area contributed by atoms with Crippen LogP contribution in [0.4, 0.5) is 24.1 Å². The number of anilines is 2. The lowest BCUT2D eigenvalue weighted by atomic mass is 10.0. The standard InChI is InChI=1S/C17H19F3N4O2S.C8H7ClO2/c1-10-11(3-2-4-12(10)17(18,19)20)9-22-15-13(14(21)25)27-16(23-15)24-5-7-26-8-6-24;9-8(10)6-11-7-4-2-1-3-5-7/h2-4,22H,5-9H2,1H3,(H2,21,25);1-5H,6H2. The minimum absolute atomic E-state index is 0.0778. The fourth-order valence-corrected chi connectivity index (χ4v) is 4.50. The van der Waals surface area contributed by atoms with Crippen molar-refractivity contribution in [2.45, 2.75) is 19.6 Å². The number of carbonyl (C=O) groups excluding carboxylic acids is 2. The quantitative estimate of drug-likeness (QED) is 0.373. The molecule has 4 rings (SSSR count). The molecule has 2 aromatic carbocycles. The first-order valence-electron chi connectivity index (χ1n) is 11.4. The molecule has 0 aliphatic carbocycles. The third-order valence-electron chi connectivity index (χ3n) is 5.41. The number of rotatable bonds is 8. The Bertz CT molecular complexity index is 1240. The fourth-order valence-electron chi connectivity index (χ4n) is 3.50. The number of morpholine rings is 1. The van der Waals surface area contributed by atoms with E-state index >= 15 is 0 Å². The second-order valence-corrected chi connectivity index (χ2v) is 9.43. The van der Waals surface area contributed by atoms with Gasteiger partial charge < -0.3 is 25.4 Å². The van der Waals surface area contributed by atoms with Crippen LogP contribution in [0.2, 0.25) is 0 Å². The van der Waals surface area contributed by atoms with Gasteiger partial charge in [0, 0.05) is 19.6 Å². The summed E-state index contributed by atoms with van der Waals surface area (Å²) < 4.78 is 49.5. The van der Waals surface area contributed by atoms with Gasteiger partial charge in [-0.15, -0.1) is 0 Å². The number of nitrogens with zero attached hydrogens (tertiary/aromatic N) is 2. The Labute approximate surface area is 226 Å². The molecule has 0 saturated carbocycles. The molecule has 3 N–H and O–H groups in total. The summed E-state index contributed by atoms with van der Waals surface area (Å²) in [6, 6.07) is 13.1. The summed E-state index contributed by atoms with van der Waals surface area (Å²) in [5, 5.41) is 3.11. The zero-order chi connectivity index (χ0) is 27.7. The maximum atomic E-state index is 13.1. The third kappa shape index (κ3) is 8.33. The average Bonchev–Trinajstić information content (AvgIpc) is 3.32. The molecular formula is C25H26ClF3N4O4S. The Hall–Kier alpha value is -3.35. The summed E-state index contributed by atoms with van der Waals surface area (Å²) in [5.74, 6) is 0.308. The first-order valence-corrected chi connectivity index (χ1v) is 12.6. The molecular weight excluding hydrogens is 545 g/mol. The van der Waals surface area contributed by atoms with Crippen LogP contribution < -0.4 is 20.7 Å². The molecule has 38 heavy (non-hydrogen) atoms. The number of para-hydroxylation sites is 1. The molecule has 0 spiro atoms. The van der Waals surface area contributed by atoms with Crippen LogP contribution in [0.1, 0.15) is 26.4 Å². The molecule has 0 unspecified atom stereocenters. The minimum atomic E-state index is -4.41. The molecule has 0 radical (unpaired) electrons. The van der Waals surface area contributed by atoms with Crippen LogP contribution >= 0.6 is 22.9 Å². The van der Waals surface area contributed by atoms with Crippen LogP contribution in [0.25, 0.3) is 0 Å². The molecule has 13 heteroatoms. The smallest absolute Gasteiger partial charge is 0.416 e. The SMILES string of the molecule is Cc1c(CNc2nc(N3CCOCC3)sc2C(N)=O)cccc1C(F)(F)F.O=C(Cl)COc1ccccc1. The maximum Gasteiger partial charge on any atom is 0.416 e. The zero-order valence-electron chi connectivity index (χ0n) is 20.4. The van der Waals surface area contributed by atoms with Gasteiger partial charge in [0.2, 0.25) is 0 Å². The molecule has 2 heterocycles. The predicted molar refractivity (Wildman–Crippen MR) is 140 cm³/mol. The van der Waals surface area contributed by atoms with Crippen molar-refractivity contribution in [3.63, 3.8) is 0 Å². The molecule has 1 aliphatic rings. The van der Waals surface area contributed by atoms with Crippen molar-refractivity contribution in [2.24, 2.45) is 5.73 Å². The van der Waals surface area contributed by atoms with Gasteiger partial charge in [-0.1, -0.05) is 41.7 Å². The molecule has 0 atom stereocenters. The minimum Gasteiger partial charge on any atom is -0.484 e. The van der Waals surface area contributed by atoms with Crippen molar-refractivity contribution < 1.29 is 32.2 Å². The Kier molecular flexibility index (Phi) is 10.3. The second-order valence-electron chi connectivity index (χ2n) is 8.04. The molecule has 204 valence electrons. The van der Waals surface area contributed by atoms with Crippen molar-refractivity contribution in [2.75, 3.05) is 43.1 Å². The molecule has 1 saturated heterocycles. The van der Waals surface area contributed by atoms with Crippen LogP contribution in [-0.4, -0.2) is 49.0 Å². The Morgan fingerprint density at radius 2 is 1.84 bits per heavy atom. The van der Waals surface area contributed by atoms with E-state index in [-0.39, 0.29) is 29.4 Å². The molecule has 1 aliphatic heterocycles. The number of ether oxygens (including phenoxy) is 2. The van der Waals surface area contributed by atoms with Crippen LogP contribution in [-0.2, 0) is 22.3 Å². The number of halogens is 4. The Balaban J connectivity index is 0.000000304. The first-order chi connectivity index (χ1) is 18.1. The van der Waals surface area contributed by atoms with Crippen molar-refractivity contribution >= 4 is 45.0 Å². The van der Waals surface area contributed by atoms with Crippen LogP contribution in [0, 0.1) is 6.92 Å². The molecule has 3 aromatic rings. The first kappa shape index (κ1) is 29.2. The van der Waals surface area contributed by atoms with E-state index in [9.17, 15) is 22.8 Å². The summed E-state index contributed by atoms with van der Waals surface area (Å²) in [6.45, 7) is 3.88. The van der Waals surface area contributed by atoms with Gasteiger partial charge in [0.1, 0.15) is 10.6 Å². The van der Waals surface area contributed by atoms with E-state index in [1.165, 1.54) is 13.0 Å². The van der Waals surface area contributed by atoms with E-state index in [4.69, 9.17) is 26.8 Å². The number of nitrogens with one attached hydrogen (secondary N) is 1. The van der Waals surface area contributed by atoms with Gasteiger partial charge >= 0.3 is 6.18 Å². The van der Waals surface area contributed by atoms with E-state index in [2.05, 4.69) is 10.3 Å². The lowest BCUT2D eigenvalue weighted by Crippen LogP contribution is -2.36. The number of carbonyl (C=O) groups is 2. The van der Waals surface area contributed by atoms with Crippen molar-refractivity contribution in [1.29, 1.82) is 0 Å². The van der Waals surface area contributed by atoms with Crippen LogP contribution in [0.5, 0.6) is 5.75 Å². The number of primary amides is 1. The summed E-state index contributed by atoms with van der Waals surface area (Å²) in [7, 11) is 0. The summed E-state index contributed by atoms with van der Waals surface area (Å²) in [6.07, 6.45) is -4.41. The number of hydrogen-bond donors (Lipinski definition) is 2. The lowest BCUT2D eigenvalue weighted by Gasteiger charge is -2.25. The molecule has 1 amide bonds.